The Kier molecular flexibility index (Phi) is 43.8. The zero-order valence-electron chi connectivity index (χ0n) is 38.4. The molecule has 0 heterocycles. The molecule has 350 valence electrons. The Hall–Kier alpha value is -1.29. The first-order chi connectivity index (χ1) is 28.7. The Morgan fingerprint density at radius 3 is 1.29 bits per heavy atom. The number of nitrogens with two attached hydrogens (primary N) is 1. The van der Waals surface area contributed by atoms with Gasteiger partial charge < -0.3 is 25.2 Å². The molecule has 0 aliphatic heterocycles. The summed E-state index contributed by atoms with van der Waals surface area (Å²) in [5.41, 5.74) is 5.37. The Bertz CT molecular complexity index is 998. The van der Waals surface area contributed by atoms with Gasteiger partial charge in [-0.3, -0.25) is 18.6 Å². The van der Waals surface area contributed by atoms with Crippen LogP contribution in [0.25, 0.3) is 0 Å². The van der Waals surface area contributed by atoms with Crippen LogP contribution in [0.1, 0.15) is 245 Å². The van der Waals surface area contributed by atoms with E-state index in [4.69, 9.17) is 29.4 Å². The van der Waals surface area contributed by atoms with E-state index in [-0.39, 0.29) is 13.0 Å². The molecule has 0 radical (unpaired) electrons. The Balaban J connectivity index is 4.07. The zero-order valence-corrected chi connectivity index (χ0v) is 39.3. The summed E-state index contributed by atoms with van der Waals surface area (Å²) >= 11 is 0. The van der Waals surface area contributed by atoms with Gasteiger partial charge in [0, 0.05) is 13.0 Å². The molecule has 0 aliphatic rings. The second kappa shape index (κ2) is 44.8. The molecule has 0 aromatic rings. The maximum atomic E-state index is 12.6. The molecule has 10 nitrogen and oxygen atoms in total. The van der Waals surface area contributed by atoms with Crippen molar-refractivity contribution in [3.63, 3.8) is 0 Å². The number of unbranched alkanes of at least 4 members (excludes halogenated alkanes) is 32. The number of carbonyl (C=O) groups is 2. The molecule has 0 aromatic carbocycles. The number of hydrogen-bond acceptors (Lipinski definition) is 8. The van der Waals surface area contributed by atoms with Crippen LogP contribution < -0.4 is 5.73 Å². The maximum Gasteiger partial charge on any atom is 0.472 e. The van der Waals surface area contributed by atoms with E-state index in [9.17, 15) is 19.0 Å². The summed E-state index contributed by atoms with van der Waals surface area (Å²) in [6, 6.07) is -1.47. The number of esters is 1. The fourth-order valence-corrected chi connectivity index (χ4v) is 7.97. The number of hydrogen-bond donors (Lipinski definition) is 3. The van der Waals surface area contributed by atoms with Crippen molar-refractivity contribution in [1.82, 2.24) is 0 Å². The third-order valence-electron chi connectivity index (χ3n) is 11.0. The highest BCUT2D eigenvalue weighted by Gasteiger charge is 2.27. The minimum atomic E-state index is -4.62. The second-order valence-corrected chi connectivity index (χ2v) is 18.4. The average Bonchev–Trinajstić information content (AvgIpc) is 3.21. The van der Waals surface area contributed by atoms with Crippen LogP contribution in [0.4, 0.5) is 0 Å². The molecule has 0 aliphatic carbocycles. The van der Waals surface area contributed by atoms with E-state index >= 15 is 0 Å². The lowest BCUT2D eigenvalue weighted by atomic mass is 10.0. The molecule has 3 unspecified atom stereocenters. The van der Waals surface area contributed by atoms with Crippen LogP contribution in [-0.2, 0) is 32.7 Å². The van der Waals surface area contributed by atoms with Crippen LogP contribution in [0.5, 0.6) is 0 Å². The van der Waals surface area contributed by atoms with Crippen molar-refractivity contribution < 1.29 is 42.7 Å². The van der Waals surface area contributed by atoms with Crippen LogP contribution >= 0.6 is 7.82 Å². The molecule has 0 spiro atoms. The molecule has 0 amide bonds. The van der Waals surface area contributed by atoms with Gasteiger partial charge in [-0.15, -0.1) is 0 Å². The molecular formula is C48H94NO9P. The number of ether oxygens (including phenoxy) is 2. The molecule has 0 rings (SSSR count). The molecule has 11 heteroatoms. The highest BCUT2D eigenvalue weighted by Crippen LogP contribution is 2.43. The molecule has 4 N–H and O–H groups in total. The van der Waals surface area contributed by atoms with E-state index in [0.29, 0.717) is 13.0 Å². The SMILES string of the molecule is CCCCCCC/C=C\CCCCCCCC(=O)OC(COCCCCCCCCCCCCCCCCCCCCCCCCC)COP(=O)(O)OCC(N)C(=O)O. The van der Waals surface area contributed by atoms with Crippen LogP contribution in [-0.4, -0.2) is 60.5 Å². The number of carboxylic acid groups (broad SMARTS) is 1. The molecule has 0 fully saturated rings. The predicted molar refractivity (Wildman–Crippen MR) is 245 cm³/mol. The quantitative estimate of drug-likeness (QED) is 0.0233. The summed E-state index contributed by atoms with van der Waals surface area (Å²) in [4.78, 5) is 33.6. The summed E-state index contributed by atoms with van der Waals surface area (Å²) < 4.78 is 33.4. The Morgan fingerprint density at radius 1 is 0.525 bits per heavy atom. The number of aliphatic carboxylic acids is 1. The van der Waals surface area contributed by atoms with Crippen LogP contribution in [0.3, 0.4) is 0 Å². The second-order valence-electron chi connectivity index (χ2n) is 17.0. The van der Waals surface area contributed by atoms with Crippen molar-refractivity contribution in [1.29, 1.82) is 0 Å². The number of phosphoric ester groups is 1. The summed E-state index contributed by atoms with van der Waals surface area (Å²) in [5, 5.41) is 8.91. The normalized spacial score (nSPS) is 13.8. The summed E-state index contributed by atoms with van der Waals surface area (Å²) in [6.45, 7) is 3.91. The van der Waals surface area contributed by atoms with Crippen molar-refractivity contribution in [3.05, 3.63) is 12.2 Å². The summed E-state index contributed by atoms with van der Waals surface area (Å²) in [6.07, 6.45) is 48.5. The number of carbonyl (C=O) groups excluding carboxylic acids is 1. The Labute approximate surface area is 362 Å². The smallest absolute Gasteiger partial charge is 0.472 e. The number of phosphoric acid groups is 1. The molecule has 0 saturated carbocycles. The third kappa shape index (κ3) is 44.6. The standard InChI is InChI=1S/C48H94NO9P/c1-3-5-7-9-11-13-15-17-19-20-21-22-23-24-25-26-27-29-31-33-35-37-39-41-55-42-45(43-56-59(53,54)57-44-46(49)48(51)52)58-47(50)40-38-36-34-32-30-28-18-16-14-12-10-8-6-4-2/h16,18,45-46H,3-15,17,19-44,49H2,1-2H3,(H,51,52)(H,53,54)/b18-16-. The summed E-state index contributed by atoms with van der Waals surface area (Å²) in [7, 11) is -4.62. The van der Waals surface area contributed by atoms with Gasteiger partial charge >= 0.3 is 19.8 Å². The van der Waals surface area contributed by atoms with E-state index in [1.54, 1.807) is 0 Å². The van der Waals surface area contributed by atoms with E-state index in [1.165, 1.54) is 167 Å². The first-order valence-electron chi connectivity index (χ1n) is 24.7. The van der Waals surface area contributed by atoms with E-state index in [0.717, 1.165) is 51.4 Å². The molecule has 0 saturated heterocycles. The molecule has 3 atom stereocenters. The predicted octanol–water partition coefficient (Wildman–Crippen LogP) is 14.1. The van der Waals surface area contributed by atoms with E-state index < -0.39 is 45.1 Å². The van der Waals surface area contributed by atoms with Crippen molar-refractivity contribution in [2.45, 2.75) is 257 Å². The topological polar surface area (TPSA) is 155 Å². The monoisotopic (exact) mass is 860 g/mol. The molecule has 0 bridgehead atoms. The van der Waals surface area contributed by atoms with Gasteiger partial charge in [-0.25, -0.2) is 4.57 Å². The van der Waals surface area contributed by atoms with Gasteiger partial charge in [-0.05, 0) is 38.5 Å². The van der Waals surface area contributed by atoms with Crippen molar-refractivity contribution in [2.24, 2.45) is 5.73 Å². The summed E-state index contributed by atoms with van der Waals surface area (Å²) in [5.74, 6) is -1.78. The van der Waals surface area contributed by atoms with Crippen LogP contribution in [0.2, 0.25) is 0 Å². The molecule has 59 heavy (non-hydrogen) atoms. The van der Waals surface area contributed by atoms with Gasteiger partial charge in [0.1, 0.15) is 12.1 Å². The first-order valence-corrected chi connectivity index (χ1v) is 26.2. The fourth-order valence-electron chi connectivity index (χ4n) is 7.19. The van der Waals surface area contributed by atoms with Crippen LogP contribution in [0.15, 0.2) is 12.2 Å². The minimum absolute atomic E-state index is 0.0198. The maximum absolute atomic E-state index is 12.6. The average molecular weight is 860 g/mol. The van der Waals surface area contributed by atoms with Crippen molar-refractivity contribution in [3.8, 4) is 0 Å². The van der Waals surface area contributed by atoms with Gasteiger partial charge in [0.05, 0.1) is 19.8 Å². The van der Waals surface area contributed by atoms with Crippen molar-refractivity contribution in [2.75, 3.05) is 26.4 Å². The first kappa shape index (κ1) is 57.7. The Morgan fingerprint density at radius 2 is 0.881 bits per heavy atom. The lowest BCUT2D eigenvalue weighted by Crippen LogP contribution is -2.34. The highest BCUT2D eigenvalue weighted by molar-refractivity contribution is 7.47. The number of rotatable bonds is 48. The van der Waals surface area contributed by atoms with Gasteiger partial charge in [0.15, 0.2) is 0 Å². The van der Waals surface area contributed by atoms with E-state index in [1.807, 2.05) is 0 Å². The largest absolute Gasteiger partial charge is 0.480 e. The molecular weight excluding hydrogens is 766 g/mol. The lowest BCUT2D eigenvalue weighted by molar-refractivity contribution is -0.154. The van der Waals surface area contributed by atoms with Gasteiger partial charge in [-0.2, -0.15) is 0 Å². The minimum Gasteiger partial charge on any atom is -0.480 e. The lowest BCUT2D eigenvalue weighted by Gasteiger charge is -2.20. The van der Waals surface area contributed by atoms with Gasteiger partial charge in [0.2, 0.25) is 0 Å². The van der Waals surface area contributed by atoms with Crippen molar-refractivity contribution >= 4 is 19.8 Å². The number of allylic oxidation sites excluding steroid dienone is 2. The zero-order chi connectivity index (χ0) is 43.3. The number of carboxylic acids is 1. The highest BCUT2D eigenvalue weighted by atomic mass is 31.2. The molecule has 0 aromatic heterocycles. The van der Waals surface area contributed by atoms with Gasteiger partial charge in [0.25, 0.3) is 0 Å². The van der Waals surface area contributed by atoms with Gasteiger partial charge in [-0.1, -0.05) is 212 Å². The van der Waals surface area contributed by atoms with Crippen LogP contribution in [0, 0.1) is 0 Å². The van der Waals surface area contributed by atoms with E-state index in [2.05, 4.69) is 26.0 Å². The fraction of sp³-hybridized carbons (Fsp3) is 0.917. The third-order valence-corrected chi connectivity index (χ3v) is 12.0.